The maximum atomic E-state index is 12.6. The van der Waals surface area contributed by atoms with Crippen LogP contribution in [-0.4, -0.2) is 20.8 Å². The van der Waals surface area contributed by atoms with Crippen LogP contribution in [0.25, 0.3) is 0 Å². The van der Waals surface area contributed by atoms with Gasteiger partial charge in [-0.2, -0.15) is 5.10 Å². The number of carbonyl (C=O) groups excluding carboxylic acids is 1. The van der Waals surface area contributed by atoms with Crippen molar-refractivity contribution < 1.29 is 4.79 Å². The number of carbonyl (C=O) groups is 1. The first kappa shape index (κ1) is 15.2. The number of nitrogens with one attached hydrogen (secondary N) is 2. The van der Waals surface area contributed by atoms with Gasteiger partial charge in [-0.3, -0.25) is 0 Å². The van der Waals surface area contributed by atoms with Crippen molar-refractivity contribution in [3.63, 3.8) is 0 Å². The molecule has 2 N–H and O–H groups in total. The summed E-state index contributed by atoms with van der Waals surface area (Å²) in [6.07, 6.45) is 7.14. The minimum absolute atomic E-state index is 0.0655. The van der Waals surface area contributed by atoms with Gasteiger partial charge >= 0.3 is 6.03 Å². The summed E-state index contributed by atoms with van der Waals surface area (Å²) >= 11 is 0. The number of urea groups is 1. The third-order valence-electron chi connectivity index (χ3n) is 5.00. The maximum absolute atomic E-state index is 12.6. The molecule has 24 heavy (non-hydrogen) atoms. The molecule has 0 saturated heterocycles. The number of rotatable bonds is 5. The number of aryl methyl sites for hydroxylation is 2. The van der Waals surface area contributed by atoms with Crippen LogP contribution in [0.2, 0.25) is 0 Å². The van der Waals surface area contributed by atoms with Crippen LogP contribution in [0.15, 0.2) is 24.5 Å². The molecule has 126 valence electrons. The van der Waals surface area contributed by atoms with E-state index in [-0.39, 0.29) is 12.1 Å². The van der Waals surface area contributed by atoms with E-state index >= 15 is 0 Å². The van der Waals surface area contributed by atoms with Gasteiger partial charge in [-0.1, -0.05) is 12.1 Å². The molecule has 1 saturated carbocycles. The molecular formula is C18H23N5O. The van der Waals surface area contributed by atoms with E-state index < -0.39 is 0 Å². The Morgan fingerprint density at radius 1 is 1.38 bits per heavy atom. The quantitative estimate of drug-likeness (QED) is 0.887. The maximum Gasteiger partial charge on any atom is 0.319 e. The molecule has 4 rings (SSSR count). The highest BCUT2D eigenvalue weighted by molar-refractivity contribution is 5.90. The summed E-state index contributed by atoms with van der Waals surface area (Å²) in [5.41, 5.74) is 3.58. The second-order valence-corrected chi connectivity index (χ2v) is 6.64. The summed E-state index contributed by atoms with van der Waals surface area (Å²) in [6.45, 7) is 2.80. The van der Waals surface area contributed by atoms with E-state index in [1.165, 1.54) is 17.5 Å². The molecule has 1 fully saturated rings. The Morgan fingerprint density at radius 3 is 3.04 bits per heavy atom. The summed E-state index contributed by atoms with van der Waals surface area (Å²) in [5, 5.41) is 10.4. The molecule has 2 aliphatic rings. The number of nitrogens with zero attached hydrogens (tertiary/aromatic N) is 3. The molecule has 1 atom stereocenters. The average Bonchev–Trinajstić information content (AvgIpc) is 3.11. The largest absolute Gasteiger partial charge is 0.328 e. The third-order valence-corrected chi connectivity index (χ3v) is 5.00. The van der Waals surface area contributed by atoms with E-state index in [9.17, 15) is 4.79 Å². The van der Waals surface area contributed by atoms with Gasteiger partial charge in [-0.25, -0.2) is 14.5 Å². The van der Waals surface area contributed by atoms with Gasteiger partial charge in [0.2, 0.25) is 0 Å². The van der Waals surface area contributed by atoms with Crippen LogP contribution in [0, 0.1) is 5.92 Å². The Balaban J connectivity index is 1.49. The van der Waals surface area contributed by atoms with Crippen molar-refractivity contribution in [2.24, 2.45) is 5.92 Å². The molecular weight excluding hydrogens is 302 g/mol. The molecule has 0 spiro atoms. The van der Waals surface area contributed by atoms with E-state index in [1.807, 2.05) is 23.7 Å². The van der Waals surface area contributed by atoms with Crippen molar-refractivity contribution in [1.29, 1.82) is 0 Å². The minimum Gasteiger partial charge on any atom is -0.328 e. The number of amides is 2. The Bertz CT molecular complexity index is 750. The van der Waals surface area contributed by atoms with Gasteiger partial charge in [0.1, 0.15) is 12.2 Å². The van der Waals surface area contributed by atoms with Crippen molar-refractivity contribution in [2.45, 2.75) is 51.6 Å². The van der Waals surface area contributed by atoms with E-state index in [4.69, 9.17) is 0 Å². The molecule has 0 bridgehead atoms. The smallest absolute Gasteiger partial charge is 0.319 e. The van der Waals surface area contributed by atoms with Crippen molar-refractivity contribution in [1.82, 2.24) is 20.1 Å². The first-order valence-corrected chi connectivity index (χ1v) is 8.82. The molecule has 2 amide bonds. The molecule has 0 aliphatic heterocycles. The lowest BCUT2D eigenvalue weighted by Crippen LogP contribution is -2.35. The SMILES string of the molecule is CCn1ncnc1[C@H](NC(=O)Nc1cccc2c1CCC2)C1CC1. The fraction of sp³-hybridized carbons (Fsp3) is 0.500. The number of fused-ring (bicyclic) bond motifs is 1. The van der Waals surface area contributed by atoms with E-state index in [2.05, 4.69) is 26.8 Å². The van der Waals surface area contributed by atoms with Gasteiger partial charge in [-0.05, 0) is 62.1 Å². The van der Waals surface area contributed by atoms with Crippen LogP contribution < -0.4 is 10.6 Å². The van der Waals surface area contributed by atoms with E-state index in [1.54, 1.807) is 6.33 Å². The highest BCUT2D eigenvalue weighted by atomic mass is 16.2. The van der Waals surface area contributed by atoms with Crippen LogP contribution in [0.4, 0.5) is 10.5 Å². The molecule has 2 aliphatic carbocycles. The summed E-state index contributed by atoms with van der Waals surface area (Å²) in [4.78, 5) is 16.9. The predicted octanol–water partition coefficient (Wildman–Crippen LogP) is 3.06. The van der Waals surface area contributed by atoms with Crippen molar-refractivity contribution in [3.8, 4) is 0 Å². The first-order valence-electron chi connectivity index (χ1n) is 8.82. The second kappa shape index (κ2) is 6.26. The molecule has 0 radical (unpaired) electrons. The van der Waals surface area contributed by atoms with Gasteiger partial charge in [-0.15, -0.1) is 0 Å². The zero-order valence-electron chi connectivity index (χ0n) is 14.0. The Hall–Kier alpha value is -2.37. The third kappa shape index (κ3) is 2.88. The second-order valence-electron chi connectivity index (χ2n) is 6.64. The number of aromatic nitrogens is 3. The lowest BCUT2D eigenvalue weighted by atomic mass is 10.1. The molecule has 0 unspecified atom stereocenters. The van der Waals surface area contributed by atoms with Crippen molar-refractivity contribution in [2.75, 3.05) is 5.32 Å². The van der Waals surface area contributed by atoms with Crippen LogP contribution in [-0.2, 0) is 19.4 Å². The summed E-state index contributed by atoms with van der Waals surface area (Å²) in [5.74, 6) is 1.32. The monoisotopic (exact) mass is 325 g/mol. The topological polar surface area (TPSA) is 71.8 Å². The van der Waals surface area contributed by atoms with Gasteiger partial charge in [0.05, 0.1) is 6.04 Å². The fourth-order valence-electron chi connectivity index (χ4n) is 3.62. The fourth-order valence-corrected chi connectivity index (χ4v) is 3.62. The van der Waals surface area contributed by atoms with Crippen LogP contribution in [0.1, 0.15) is 49.2 Å². The van der Waals surface area contributed by atoms with Crippen LogP contribution in [0.5, 0.6) is 0 Å². The first-order chi connectivity index (χ1) is 11.8. The molecule has 6 heteroatoms. The zero-order valence-corrected chi connectivity index (χ0v) is 14.0. The lowest BCUT2D eigenvalue weighted by molar-refractivity contribution is 0.246. The van der Waals surface area contributed by atoms with Gasteiger partial charge in [0.15, 0.2) is 0 Å². The normalized spacial score (nSPS) is 17.4. The van der Waals surface area contributed by atoms with E-state index in [0.717, 1.165) is 43.7 Å². The van der Waals surface area contributed by atoms with E-state index in [0.29, 0.717) is 5.92 Å². The highest BCUT2D eigenvalue weighted by Gasteiger charge is 2.36. The number of hydrogen-bond acceptors (Lipinski definition) is 3. The molecule has 1 aromatic heterocycles. The van der Waals surface area contributed by atoms with Gasteiger partial charge in [0.25, 0.3) is 0 Å². The summed E-state index contributed by atoms with van der Waals surface area (Å²) < 4.78 is 1.86. The summed E-state index contributed by atoms with van der Waals surface area (Å²) in [7, 11) is 0. The Kier molecular flexibility index (Phi) is 3.96. The number of anilines is 1. The Morgan fingerprint density at radius 2 is 2.25 bits per heavy atom. The van der Waals surface area contributed by atoms with Gasteiger partial charge < -0.3 is 10.6 Å². The summed E-state index contributed by atoms with van der Waals surface area (Å²) in [6, 6.07) is 5.94. The number of hydrogen-bond donors (Lipinski definition) is 2. The minimum atomic E-state index is -0.155. The molecule has 1 aromatic carbocycles. The average molecular weight is 325 g/mol. The van der Waals surface area contributed by atoms with Gasteiger partial charge in [0, 0.05) is 12.2 Å². The van der Waals surface area contributed by atoms with Crippen LogP contribution in [0.3, 0.4) is 0 Å². The predicted molar refractivity (Wildman–Crippen MR) is 91.8 cm³/mol. The highest BCUT2D eigenvalue weighted by Crippen LogP contribution is 2.40. The molecule has 2 aromatic rings. The molecule has 6 nitrogen and oxygen atoms in total. The Labute approximate surface area is 141 Å². The van der Waals surface area contributed by atoms with Crippen molar-refractivity contribution >= 4 is 11.7 Å². The van der Waals surface area contributed by atoms with Crippen LogP contribution >= 0.6 is 0 Å². The van der Waals surface area contributed by atoms with Crippen molar-refractivity contribution in [3.05, 3.63) is 41.5 Å². The zero-order chi connectivity index (χ0) is 16.5. The molecule has 1 heterocycles. The standard InChI is InChI=1S/C18H23N5O/c1-2-23-17(19-11-20-23)16(13-9-10-13)22-18(24)21-15-8-4-6-12-5-3-7-14(12)15/h4,6,8,11,13,16H,2-3,5,7,9-10H2,1H3,(H2,21,22,24)/t16-/m1/s1. The number of benzene rings is 1. The lowest BCUT2D eigenvalue weighted by Gasteiger charge is -2.19.